The SMILES string of the molecule is c1ccc(-c2c3ccccc3c(-c3ccc(-c4ccc5c(c4)C4(c6ccccc6-5)C5CC6CC(C5)CC4C6)cc3)c3ccccc23)cc1. The van der Waals surface area contributed by atoms with Crippen molar-refractivity contribution >= 4 is 21.5 Å². The molecule has 0 N–H and O–H groups in total. The lowest BCUT2D eigenvalue weighted by atomic mass is 9.43. The maximum absolute atomic E-state index is 2.62. The van der Waals surface area contributed by atoms with Gasteiger partial charge in [-0.2, -0.15) is 0 Å². The van der Waals surface area contributed by atoms with E-state index in [1.54, 1.807) is 11.1 Å². The maximum Gasteiger partial charge on any atom is 0.0272 e. The molecule has 12 rings (SSSR count). The van der Waals surface area contributed by atoms with Crippen molar-refractivity contribution in [3.05, 3.63) is 157 Å². The van der Waals surface area contributed by atoms with Gasteiger partial charge >= 0.3 is 0 Å². The smallest absolute Gasteiger partial charge is 0.0272 e. The van der Waals surface area contributed by atoms with Crippen LogP contribution in [0.25, 0.3) is 66.1 Å². The van der Waals surface area contributed by atoms with E-state index in [1.165, 1.54) is 98.2 Å². The van der Waals surface area contributed by atoms with Crippen molar-refractivity contribution < 1.29 is 0 Å². The van der Waals surface area contributed by atoms with Gasteiger partial charge in [-0.25, -0.2) is 0 Å². The fourth-order valence-corrected chi connectivity index (χ4v) is 11.5. The molecular weight excluding hydrogens is 577 g/mol. The molecule has 0 aromatic heterocycles. The summed E-state index contributed by atoms with van der Waals surface area (Å²) in [6, 6.07) is 55.2. The molecule has 0 amide bonds. The van der Waals surface area contributed by atoms with E-state index >= 15 is 0 Å². The highest BCUT2D eigenvalue weighted by molar-refractivity contribution is 6.21. The van der Waals surface area contributed by atoms with Crippen LogP contribution in [0.4, 0.5) is 0 Å². The highest BCUT2D eigenvalue weighted by Crippen LogP contribution is 2.69. The summed E-state index contributed by atoms with van der Waals surface area (Å²) in [7, 11) is 0. The second-order valence-electron chi connectivity index (χ2n) is 15.3. The minimum Gasteiger partial charge on any atom is -0.0622 e. The molecule has 4 saturated carbocycles. The third kappa shape index (κ3) is 3.61. The standard InChI is InChI=1S/C48H38/c1-2-10-33(11-3-1)46-40-13-4-6-15-42(40)47(43-16-7-5-14-41(43)46)34-20-18-32(19-21-34)35-22-23-39-38-12-8-9-17-44(38)48(45(39)29-35)36-25-30-24-31(27-36)28-37(48)26-30/h1-23,29-31,36-37H,24-28H2. The lowest BCUT2D eigenvalue weighted by Crippen LogP contribution is -2.55. The first-order valence-electron chi connectivity index (χ1n) is 18.1. The molecule has 1 spiro atoms. The highest BCUT2D eigenvalue weighted by atomic mass is 14.6. The van der Waals surface area contributed by atoms with Crippen molar-refractivity contribution in [1.82, 2.24) is 0 Å². The molecule has 0 atom stereocenters. The third-order valence-electron chi connectivity index (χ3n) is 13.1. The molecule has 0 heteroatoms. The number of hydrogen-bond donors (Lipinski definition) is 0. The molecule has 0 nitrogen and oxygen atoms in total. The van der Waals surface area contributed by atoms with Gasteiger partial charge in [-0.1, -0.05) is 140 Å². The van der Waals surface area contributed by atoms with Gasteiger partial charge in [-0.05, 0) is 139 Å². The van der Waals surface area contributed by atoms with Crippen LogP contribution >= 0.6 is 0 Å². The monoisotopic (exact) mass is 614 g/mol. The Labute approximate surface area is 283 Å². The molecule has 48 heavy (non-hydrogen) atoms. The van der Waals surface area contributed by atoms with Crippen LogP contribution in [0, 0.1) is 23.7 Å². The first kappa shape index (κ1) is 27.1. The van der Waals surface area contributed by atoms with Gasteiger partial charge in [0.15, 0.2) is 0 Å². The van der Waals surface area contributed by atoms with Gasteiger partial charge < -0.3 is 0 Å². The van der Waals surface area contributed by atoms with Crippen molar-refractivity contribution in [3.63, 3.8) is 0 Å². The first-order chi connectivity index (χ1) is 23.8. The van der Waals surface area contributed by atoms with Crippen LogP contribution in [-0.4, -0.2) is 0 Å². The van der Waals surface area contributed by atoms with Crippen molar-refractivity contribution in [2.24, 2.45) is 23.7 Å². The van der Waals surface area contributed by atoms with Crippen molar-refractivity contribution in [2.45, 2.75) is 37.5 Å². The Morgan fingerprint density at radius 3 is 1.42 bits per heavy atom. The fraction of sp³-hybridized carbons (Fsp3) is 0.208. The Kier molecular flexibility index (Phi) is 5.66. The zero-order chi connectivity index (χ0) is 31.4. The zero-order valence-corrected chi connectivity index (χ0v) is 27.2. The van der Waals surface area contributed by atoms with Crippen LogP contribution < -0.4 is 0 Å². The number of rotatable bonds is 3. The second-order valence-corrected chi connectivity index (χ2v) is 15.3. The van der Waals surface area contributed by atoms with Crippen molar-refractivity contribution in [3.8, 4) is 44.5 Å². The van der Waals surface area contributed by atoms with Crippen LogP contribution in [0.1, 0.15) is 43.2 Å². The van der Waals surface area contributed by atoms with Crippen LogP contribution in [0.15, 0.2) is 146 Å². The third-order valence-corrected chi connectivity index (χ3v) is 13.1. The minimum atomic E-state index is 0.202. The normalized spacial score (nSPS) is 24.8. The summed E-state index contributed by atoms with van der Waals surface area (Å²) in [6.07, 6.45) is 7.17. The fourth-order valence-electron chi connectivity index (χ4n) is 11.5. The summed E-state index contributed by atoms with van der Waals surface area (Å²) in [5.41, 5.74) is 14.3. The molecule has 4 bridgehead atoms. The lowest BCUT2D eigenvalue weighted by Gasteiger charge is -2.61. The summed E-state index contributed by atoms with van der Waals surface area (Å²) in [5.74, 6) is 3.49. The van der Waals surface area contributed by atoms with Crippen LogP contribution in [0.2, 0.25) is 0 Å². The van der Waals surface area contributed by atoms with Crippen LogP contribution in [0.3, 0.4) is 0 Å². The number of hydrogen-bond acceptors (Lipinski definition) is 0. The summed E-state index contributed by atoms with van der Waals surface area (Å²) < 4.78 is 0. The summed E-state index contributed by atoms with van der Waals surface area (Å²) in [5, 5.41) is 5.23. The minimum absolute atomic E-state index is 0.202. The molecule has 0 aliphatic heterocycles. The topological polar surface area (TPSA) is 0 Å². The Balaban J connectivity index is 1.05. The van der Waals surface area contributed by atoms with Gasteiger partial charge in [0.1, 0.15) is 0 Å². The summed E-state index contributed by atoms with van der Waals surface area (Å²) in [4.78, 5) is 0. The number of fused-ring (bicyclic) bond motifs is 5. The van der Waals surface area contributed by atoms with Gasteiger partial charge in [-0.15, -0.1) is 0 Å². The molecule has 7 aromatic rings. The zero-order valence-electron chi connectivity index (χ0n) is 27.2. The molecule has 5 aliphatic rings. The molecular formula is C48H38. The van der Waals surface area contributed by atoms with Gasteiger partial charge in [0, 0.05) is 5.41 Å². The van der Waals surface area contributed by atoms with E-state index in [0.717, 1.165) is 23.7 Å². The average molecular weight is 615 g/mol. The molecule has 0 radical (unpaired) electrons. The van der Waals surface area contributed by atoms with Gasteiger partial charge in [0.25, 0.3) is 0 Å². The summed E-state index contributed by atoms with van der Waals surface area (Å²) in [6.45, 7) is 0. The van der Waals surface area contributed by atoms with Crippen LogP contribution in [-0.2, 0) is 5.41 Å². The van der Waals surface area contributed by atoms with E-state index < -0.39 is 0 Å². The van der Waals surface area contributed by atoms with E-state index in [1.807, 2.05) is 0 Å². The Morgan fingerprint density at radius 2 is 0.812 bits per heavy atom. The van der Waals surface area contributed by atoms with Gasteiger partial charge in [0.2, 0.25) is 0 Å². The molecule has 7 aromatic carbocycles. The van der Waals surface area contributed by atoms with E-state index in [9.17, 15) is 0 Å². The average Bonchev–Trinajstić information content (AvgIpc) is 3.43. The molecule has 4 fully saturated rings. The highest BCUT2D eigenvalue weighted by Gasteiger charge is 2.61. The van der Waals surface area contributed by atoms with Gasteiger partial charge in [-0.3, -0.25) is 0 Å². The predicted molar refractivity (Wildman–Crippen MR) is 201 cm³/mol. The van der Waals surface area contributed by atoms with E-state index in [4.69, 9.17) is 0 Å². The maximum atomic E-state index is 2.62. The molecule has 0 heterocycles. The predicted octanol–water partition coefficient (Wildman–Crippen LogP) is 12.7. The Morgan fingerprint density at radius 1 is 0.354 bits per heavy atom. The molecule has 0 saturated heterocycles. The molecule has 230 valence electrons. The molecule has 0 unspecified atom stereocenters. The van der Waals surface area contributed by atoms with Crippen LogP contribution in [0.5, 0.6) is 0 Å². The van der Waals surface area contributed by atoms with E-state index in [0.29, 0.717) is 0 Å². The van der Waals surface area contributed by atoms with E-state index in [-0.39, 0.29) is 5.41 Å². The Hall–Kier alpha value is -4.94. The van der Waals surface area contributed by atoms with Crippen molar-refractivity contribution in [2.75, 3.05) is 0 Å². The number of benzene rings is 7. The second kappa shape index (κ2) is 10.0. The molecule has 5 aliphatic carbocycles. The van der Waals surface area contributed by atoms with Gasteiger partial charge in [0.05, 0.1) is 0 Å². The summed E-state index contributed by atoms with van der Waals surface area (Å²) >= 11 is 0. The van der Waals surface area contributed by atoms with E-state index in [2.05, 4.69) is 146 Å². The first-order valence-corrected chi connectivity index (χ1v) is 18.1. The quantitative estimate of drug-likeness (QED) is 0.174. The largest absolute Gasteiger partial charge is 0.0622 e. The van der Waals surface area contributed by atoms with Crippen molar-refractivity contribution in [1.29, 1.82) is 0 Å². The lowest BCUT2D eigenvalue weighted by molar-refractivity contribution is -0.0399. The Bertz CT molecular complexity index is 2310.